The van der Waals surface area contributed by atoms with Crippen molar-refractivity contribution < 1.29 is 4.79 Å². The summed E-state index contributed by atoms with van der Waals surface area (Å²) in [6.45, 7) is 0. The zero-order valence-electron chi connectivity index (χ0n) is 9.32. The molecule has 0 aliphatic heterocycles. The average Bonchev–Trinajstić information content (AvgIpc) is 3.10. The van der Waals surface area contributed by atoms with E-state index in [0.717, 1.165) is 12.2 Å². The highest BCUT2D eigenvalue weighted by Crippen LogP contribution is 2.20. The van der Waals surface area contributed by atoms with Crippen molar-refractivity contribution in [3.05, 3.63) is 30.3 Å². The third-order valence-electron chi connectivity index (χ3n) is 2.50. The highest BCUT2D eigenvalue weighted by Gasteiger charge is 2.22. The molecule has 0 radical (unpaired) electrons. The number of thioether (sulfide) groups is 1. The number of benzene rings is 1. The number of carbonyl (C=O) groups excluding carboxylic acids is 1. The van der Waals surface area contributed by atoms with E-state index in [0.29, 0.717) is 12.5 Å². The lowest BCUT2D eigenvalue weighted by Gasteiger charge is -2.03. The van der Waals surface area contributed by atoms with E-state index >= 15 is 0 Å². The minimum atomic E-state index is 0.219. The summed E-state index contributed by atoms with van der Waals surface area (Å²) < 4.78 is 0. The van der Waals surface area contributed by atoms with E-state index in [-0.39, 0.29) is 5.91 Å². The van der Waals surface area contributed by atoms with Gasteiger partial charge in [0.25, 0.3) is 0 Å². The molecule has 0 heterocycles. The molecule has 0 aromatic heterocycles. The third-order valence-corrected chi connectivity index (χ3v) is 3.60. The van der Waals surface area contributed by atoms with Crippen LogP contribution in [0.3, 0.4) is 0 Å². The van der Waals surface area contributed by atoms with Crippen LogP contribution in [-0.2, 0) is 4.79 Å². The van der Waals surface area contributed by atoms with Crippen LogP contribution in [0.5, 0.6) is 0 Å². The minimum absolute atomic E-state index is 0.219. The first kappa shape index (κ1) is 11.5. The van der Waals surface area contributed by atoms with Gasteiger partial charge >= 0.3 is 0 Å². The molecular weight excluding hydrogens is 218 g/mol. The van der Waals surface area contributed by atoms with E-state index in [1.807, 2.05) is 30.0 Å². The van der Waals surface area contributed by atoms with Crippen molar-refractivity contribution in [1.82, 2.24) is 5.32 Å². The van der Waals surface area contributed by atoms with Gasteiger partial charge in [0, 0.05) is 17.4 Å². The molecule has 3 heteroatoms. The number of nitrogens with one attached hydrogen (secondary N) is 1. The van der Waals surface area contributed by atoms with Crippen LogP contribution in [0, 0.1) is 0 Å². The van der Waals surface area contributed by atoms with Gasteiger partial charge in [-0.25, -0.2) is 0 Å². The van der Waals surface area contributed by atoms with Crippen LogP contribution >= 0.6 is 11.8 Å². The summed E-state index contributed by atoms with van der Waals surface area (Å²) in [5.41, 5.74) is 0. The van der Waals surface area contributed by atoms with Crippen molar-refractivity contribution >= 4 is 17.7 Å². The van der Waals surface area contributed by atoms with Crippen molar-refractivity contribution in [3.63, 3.8) is 0 Å². The van der Waals surface area contributed by atoms with Crippen LogP contribution in [0.1, 0.15) is 25.7 Å². The first-order valence-corrected chi connectivity index (χ1v) is 6.80. The maximum atomic E-state index is 11.4. The van der Waals surface area contributed by atoms with E-state index in [2.05, 4.69) is 17.4 Å². The van der Waals surface area contributed by atoms with E-state index in [4.69, 9.17) is 0 Å². The van der Waals surface area contributed by atoms with Gasteiger partial charge in [-0.3, -0.25) is 4.79 Å². The largest absolute Gasteiger partial charge is 0.353 e. The predicted octanol–water partition coefficient (Wildman–Crippen LogP) is 2.84. The molecule has 2 nitrogen and oxygen atoms in total. The molecule has 1 fully saturated rings. The molecule has 0 unspecified atom stereocenters. The number of amides is 1. The molecular formula is C13H17NOS. The Hall–Kier alpha value is -0.960. The molecule has 86 valence electrons. The smallest absolute Gasteiger partial charge is 0.220 e. The van der Waals surface area contributed by atoms with Crippen LogP contribution in [0.2, 0.25) is 0 Å². The maximum Gasteiger partial charge on any atom is 0.220 e. The molecule has 1 aromatic rings. The molecule has 1 aliphatic carbocycles. The Morgan fingerprint density at radius 2 is 2.06 bits per heavy atom. The lowest BCUT2D eigenvalue weighted by atomic mass is 10.3. The Labute approximate surface area is 101 Å². The SMILES string of the molecule is O=C(CCCSc1ccccc1)NC1CC1. The van der Waals surface area contributed by atoms with Gasteiger partial charge in [-0.05, 0) is 37.1 Å². The van der Waals surface area contributed by atoms with Gasteiger partial charge in [0.05, 0.1) is 0 Å². The van der Waals surface area contributed by atoms with Crippen LogP contribution in [0.25, 0.3) is 0 Å². The second-order valence-corrected chi connectivity index (χ2v) is 5.28. The van der Waals surface area contributed by atoms with Crippen molar-refractivity contribution in [3.8, 4) is 0 Å². The van der Waals surface area contributed by atoms with E-state index < -0.39 is 0 Å². The van der Waals surface area contributed by atoms with Gasteiger partial charge in [0.2, 0.25) is 5.91 Å². The fourth-order valence-electron chi connectivity index (χ4n) is 1.47. The molecule has 1 aromatic carbocycles. The Morgan fingerprint density at radius 3 is 2.75 bits per heavy atom. The van der Waals surface area contributed by atoms with Crippen LogP contribution in [-0.4, -0.2) is 17.7 Å². The molecule has 1 amide bonds. The molecule has 1 saturated carbocycles. The summed E-state index contributed by atoms with van der Waals surface area (Å²) in [6, 6.07) is 10.8. The van der Waals surface area contributed by atoms with Gasteiger partial charge < -0.3 is 5.32 Å². The number of rotatable bonds is 6. The average molecular weight is 235 g/mol. The Bertz CT molecular complexity index is 335. The summed E-state index contributed by atoms with van der Waals surface area (Å²) in [4.78, 5) is 12.7. The highest BCUT2D eigenvalue weighted by molar-refractivity contribution is 7.99. The molecule has 1 aliphatic rings. The van der Waals surface area contributed by atoms with Gasteiger partial charge in [-0.15, -0.1) is 11.8 Å². The Morgan fingerprint density at radius 1 is 1.31 bits per heavy atom. The number of hydrogen-bond donors (Lipinski definition) is 1. The third kappa shape index (κ3) is 4.27. The second-order valence-electron chi connectivity index (χ2n) is 4.11. The molecule has 0 spiro atoms. The predicted molar refractivity (Wildman–Crippen MR) is 67.6 cm³/mol. The molecule has 0 saturated heterocycles. The van der Waals surface area contributed by atoms with E-state index in [9.17, 15) is 4.79 Å². The van der Waals surface area contributed by atoms with Crippen LogP contribution in [0.15, 0.2) is 35.2 Å². The molecule has 0 bridgehead atoms. The summed E-state index contributed by atoms with van der Waals surface area (Å²) in [5, 5.41) is 3.00. The number of hydrogen-bond acceptors (Lipinski definition) is 2. The highest BCUT2D eigenvalue weighted by atomic mass is 32.2. The van der Waals surface area contributed by atoms with Crippen molar-refractivity contribution in [1.29, 1.82) is 0 Å². The van der Waals surface area contributed by atoms with E-state index in [1.54, 1.807) is 0 Å². The lowest BCUT2D eigenvalue weighted by Crippen LogP contribution is -2.24. The lowest BCUT2D eigenvalue weighted by molar-refractivity contribution is -0.121. The van der Waals surface area contributed by atoms with Crippen molar-refractivity contribution in [2.45, 2.75) is 36.6 Å². The maximum absolute atomic E-state index is 11.4. The summed E-state index contributed by atoms with van der Waals surface area (Å²) in [5.74, 6) is 1.23. The van der Waals surface area contributed by atoms with Gasteiger partial charge in [0.1, 0.15) is 0 Å². The quantitative estimate of drug-likeness (QED) is 0.607. The molecule has 2 rings (SSSR count). The minimum Gasteiger partial charge on any atom is -0.353 e. The summed E-state index contributed by atoms with van der Waals surface area (Å²) in [6.07, 6.45) is 3.96. The molecule has 16 heavy (non-hydrogen) atoms. The summed E-state index contributed by atoms with van der Waals surface area (Å²) >= 11 is 1.82. The fraction of sp³-hybridized carbons (Fsp3) is 0.462. The normalized spacial score (nSPS) is 14.8. The van der Waals surface area contributed by atoms with Crippen molar-refractivity contribution in [2.24, 2.45) is 0 Å². The van der Waals surface area contributed by atoms with Gasteiger partial charge in [-0.1, -0.05) is 18.2 Å². The fourth-order valence-corrected chi connectivity index (χ4v) is 2.34. The standard InChI is InChI=1S/C13H17NOS/c15-13(14-11-8-9-11)7-4-10-16-12-5-2-1-3-6-12/h1-3,5-6,11H,4,7-10H2,(H,14,15). The zero-order chi connectivity index (χ0) is 11.2. The first-order chi connectivity index (χ1) is 7.84. The Balaban J connectivity index is 1.56. The monoisotopic (exact) mass is 235 g/mol. The van der Waals surface area contributed by atoms with Gasteiger partial charge in [0.15, 0.2) is 0 Å². The first-order valence-electron chi connectivity index (χ1n) is 5.82. The van der Waals surface area contributed by atoms with Crippen LogP contribution < -0.4 is 5.32 Å². The summed E-state index contributed by atoms with van der Waals surface area (Å²) in [7, 11) is 0. The second kappa shape index (κ2) is 5.94. The molecule has 1 N–H and O–H groups in total. The Kier molecular flexibility index (Phi) is 4.28. The molecule has 0 atom stereocenters. The topological polar surface area (TPSA) is 29.1 Å². The van der Waals surface area contributed by atoms with Crippen LogP contribution in [0.4, 0.5) is 0 Å². The van der Waals surface area contributed by atoms with Crippen molar-refractivity contribution in [2.75, 3.05) is 5.75 Å². The zero-order valence-corrected chi connectivity index (χ0v) is 10.1. The number of carbonyl (C=O) groups is 1. The van der Waals surface area contributed by atoms with Gasteiger partial charge in [-0.2, -0.15) is 0 Å². The van der Waals surface area contributed by atoms with E-state index in [1.165, 1.54) is 17.7 Å².